The van der Waals surface area contributed by atoms with Crippen molar-refractivity contribution >= 4 is 17.8 Å². The summed E-state index contributed by atoms with van der Waals surface area (Å²) in [6.07, 6.45) is 6.48. The molecule has 0 aromatic heterocycles. The molecule has 4 fully saturated rings. The highest BCUT2D eigenvalue weighted by Crippen LogP contribution is 2.42. The quantitative estimate of drug-likeness (QED) is 0.763. The van der Waals surface area contributed by atoms with E-state index in [-0.39, 0.29) is 24.3 Å². The van der Waals surface area contributed by atoms with Crippen molar-refractivity contribution in [3.05, 3.63) is 0 Å². The minimum absolute atomic E-state index is 0.108. The molecule has 7 nitrogen and oxygen atoms in total. The van der Waals surface area contributed by atoms with Gasteiger partial charge >= 0.3 is 6.03 Å². The third-order valence-electron chi connectivity index (χ3n) is 6.46. The first kappa shape index (κ1) is 16.8. The molecule has 7 heteroatoms. The van der Waals surface area contributed by atoms with Crippen molar-refractivity contribution in [1.29, 1.82) is 0 Å². The van der Waals surface area contributed by atoms with Crippen molar-refractivity contribution in [3.63, 3.8) is 0 Å². The summed E-state index contributed by atoms with van der Waals surface area (Å²) >= 11 is 0. The first-order valence-corrected chi connectivity index (χ1v) is 9.65. The number of hydrogen-bond acceptors (Lipinski definition) is 4. The third kappa shape index (κ3) is 3.03. The van der Waals surface area contributed by atoms with Crippen LogP contribution in [-0.4, -0.2) is 76.8 Å². The fourth-order valence-corrected chi connectivity index (χ4v) is 4.62. The number of urea groups is 1. The molecule has 138 valence electrons. The van der Waals surface area contributed by atoms with Gasteiger partial charge in [-0.25, -0.2) is 4.79 Å². The molecule has 4 rings (SSSR count). The largest absolute Gasteiger partial charge is 0.341 e. The lowest BCUT2D eigenvalue weighted by Crippen LogP contribution is -2.50. The Kier molecular flexibility index (Phi) is 4.22. The zero-order valence-corrected chi connectivity index (χ0v) is 15.0. The molecule has 3 heterocycles. The third-order valence-corrected chi connectivity index (χ3v) is 6.46. The number of nitrogens with one attached hydrogen (secondary N) is 1. The van der Waals surface area contributed by atoms with Gasteiger partial charge in [0.1, 0.15) is 12.1 Å². The van der Waals surface area contributed by atoms with Crippen molar-refractivity contribution in [1.82, 2.24) is 20.0 Å². The van der Waals surface area contributed by atoms with Crippen LogP contribution >= 0.6 is 0 Å². The van der Waals surface area contributed by atoms with Gasteiger partial charge < -0.3 is 15.1 Å². The summed E-state index contributed by atoms with van der Waals surface area (Å²) < 4.78 is 0. The highest BCUT2D eigenvalue weighted by molar-refractivity contribution is 6.09. The van der Waals surface area contributed by atoms with Crippen LogP contribution in [0.2, 0.25) is 0 Å². The van der Waals surface area contributed by atoms with Crippen LogP contribution in [0.3, 0.4) is 0 Å². The molecule has 0 aromatic rings. The second-order valence-corrected chi connectivity index (χ2v) is 8.15. The molecule has 1 atom stereocenters. The Bertz CT molecular complexity index is 577. The number of carbonyl (C=O) groups is 3. The first-order valence-electron chi connectivity index (χ1n) is 9.65. The number of carbonyl (C=O) groups excluding carboxylic acids is 3. The molecule has 1 aliphatic carbocycles. The maximum atomic E-state index is 12.6. The van der Waals surface area contributed by atoms with Crippen molar-refractivity contribution in [3.8, 4) is 0 Å². The molecule has 3 aliphatic heterocycles. The first-order chi connectivity index (χ1) is 12.0. The molecular weight excluding hydrogens is 320 g/mol. The maximum absolute atomic E-state index is 12.6. The van der Waals surface area contributed by atoms with Crippen LogP contribution in [0.25, 0.3) is 0 Å². The lowest BCUT2D eigenvalue weighted by atomic mass is 9.96. The number of piperidine rings is 1. The van der Waals surface area contributed by atoms with Crippen LogP contribution in [-0.2, 0) is 9.59 Å². The lowest BCUT2D eigenvalue weighted by Gasteiger charge is -2.37. The fraction of sp³-hybridized carbons (Fsp3) is 0.833. The Balaban J connectivity index is 1.32. The van der Waals surface area contributed by atoms with Crippen LogP contribution < -0.4 is 5.32 Å². The van der Waals surface area contributed by atoms with Gasteiger partial charge in [-0.15, -0.1) is 0 Å². The minimum Gasteiger partial charge on any atom is -0.341 e. The van der Waals surface area contributed by atoms with E-state index < -0.39 is 11.6 Å². The monoisotopic (exact) mass is 348 g/mol. The van der Waals surface area contributed by atoms with Gasteiger partial charge in [0.25, 0.3) is 5.91 Å². The predicted octanol–water partition coefficient (Wildman–Crippen LogP) is 0.794. The van der Waals surface area contributed by atoms with Gasteiger partial charge in [-0.05, 0) is 64.5 Å². The van der Waals surface area contributed by atoms with Crippen LogP contribution in [0.15, 0.2) is 0 Å². The van der Waals surface area contributed by atoms with E-state index >= 15 is 0 Å². The molecule has 1 saturated carbocycles. The van der Waals surface area contributed by atoms with E-state index in [1.54, 1.807) is 6.92 Å². The highest BCUT2D eigenvalue weighted by Gasteiger charge is 2.56. The van der Waals surface area contributed by atoms with Crippen LogP contribution in [0.4, 0.5) is 4.79 Å². The van der Waals surface area contributed by atoms with Crippen LogP contribution in [0.1, 0.15) is 45.4 Å². The number of imide groups is 1. The zero-order chi connectivity index (χ0) is 17.6. The van der Waals surface area contributed by atoms with Crippen molar-refractivity contribution in [2.24, 2.45) is 5.92 Å². The van der Waals surface area contributed by atoms with E-state index in [2.05, 4.69) is 10.2 Å². The Morgan fingerprint density at radius 3 is 2.32 bits per heavy atom. The van der Waals surface area contributed by atoms with E-state index in [0.717, 1.165) is 43.7 Å². The van der Waals surface area contributed by atoms with Crippen molar-refractivity contribution in [2.45, 2.75) is 57.0 Å². The molecule has 25 heavy (non-hydrogen) atoms. The summed E-state index contributed by atoms with van der Waals surface area (Å²) in [5.74, 6) is -0.121. The minimum atomic E-state index is -0.805. The van der Waals surface area contributed by atoms with E-state index in [0.29, 0.717) is 6.04 Å². The smallest absolute Gasteiger partial charge is 0.325 e. The normalized spacial score (nSPS) is 31.7. The van der Waals surface area contributed by atoms with Gasteiger partial charge in [0.2, 0.25) is 5.91 Å². The molecule has 1 N–H and O–H groups in total. The summed E-state index contributed by atoms with van der Waals surface area (Å²) in [5.41, 5.74) is -0.805. The van der Waals surface area contributed by atoms with Crippen molar-refractivity contribution < 1.29 is 14.4 Å². The van der Waals surface area contributed by atoms with E-state index in [1.807, 2.05) is 4.90 Å². The average Bonchev–Trinajstić information content (AvgIpc) is 3.29. The Morgan fingerprint density at radius 1 is 1.08 bits per heavy atom. The zero-order valence-electron chi connectivity index (χ0n) is 15.0. The molecular formula is C18H28N4O3. The average molecular weight is 348 g/mol. The topological polar surface area (TPSA) is 73.0 Å². The Labute approximate surface area is 148 Å². The maximum Gasteiger partial charge on any atom is 0.325 e. The molecule has 0 bridgehead atoms. The number of nitrogens with zero attached hydrogens (tertiary/aromatic N) is 3. The van der Waals surface area contributed by atoms with Gasteiger partial charge in [0, 0.05) is 19.1 Å². The summed E-state index contributed by atoms with van der Waals surface area (Å²) in [6, 6.07) is 0.168. The number of likely N-dealkylation sites (tertiary alicyclic amines) is 2. The van der Waals surface area contributed by atoms with Crippen molar-refractivity contribution in [2.75, 3.05) is 32.7 Å². The van der Waals surface area contributed by atoms with Gasteiger partial charge in [-0.2, -0.15) is 0 Å². The second-order valence-electron chi connectivity index (χ2n) is 8.15. The van der Waals surface area contributed by atoms with Gasteiger partial charge in [-0.1, -0.05) is 0 Å². The Morgan fingerprint density at radius 2 is 1.72 bits per heavy atom. The van der Waals surface area contributed by atoms with Gasteiger partial charge in [-0.3, -0.25) is 14.5 Å². The molecule has 0 spiro atoms. The SMILES string of the molecule is C[C@]1(C2CC2)NC(=O)N(CC(=O)N2CCC(N3CCCC3)CC2)C1=O. The molecule has 0 aromatic carbocycles. The van der Waals surface area contributed by atoms with Gasteiger partial charge in [0.15, 0.2) is 0 Å². The second kappa shape index (κ2) is 6.27. The summed E-state index contributed by atoms with van der Waals surface area (Å²) in [4.78, 5) is 42.9. The highest BCUT2D eigenvalue weighted by atomic mass is 16.2. The summed E-state index contributed by atoms with van der Waals surface area (Å²) in [5, 5.41) is 2.80. The molecule has 3 saturated heterocycles. The number of hydrogen-bond donors (Lipinski definition) is 1. The number of amides is 4. The fourth-order valence-electron chi connectivity index (χ4n) is 4.62. The molecule has 0 radical (unpaired) electrons. The molecule has 4 amide bonds. The van der Waals surface area contributed by atoms with Gasteiger partial charge in [0.05, 0.1) is 0 Å². The molecule has 4 aliphatic rings. The predicted molar refractivity (Wildman–Crippen MR) is 91.8 cm³/mol. The summed E-state index contributed by atoms with van der Waals surface area (Å²) in [7, 11) is 0. The van der Waals surface area contributed by atoms with E-state index in [9.17, 15) is 14.4 Å². The standard InChI is InChI=1S/C18H28N4O3/c1-18(13-4-5-13)16(24)22(17(25)19-18)12-15(23)21-10-6-14(7-11-21)20-8-2-3-9-20/h13-14H,2-12H2,1H3,(H,19,25)/t18-/m1/s1. The number of rotatable bonds is 4. The summed E-state index contributed by atoms with van der Waals surface area (Å²) in [6.45, 7) is 5.48. The lowest BCUT2D eigenvalue weighted by molar-refractivity contribution is -0.140. The van der Waals surface area contributed by atoms with E-state index in [4.69, 9.17) is 0 Å². The Hall–Kier alpha value is -1.63. The van der Waals surface area contributed by atoms with E-state index in [1.165, 1.54) is 25.9 Å². The van der Waals surface area contributed by atoms with Crippen LogP contribution in [0, 0.1) is 5.92 Å². The van der Waals surface area contributed by atoms with Crippen LogP contribution in [0.5, 0.6) is 0 Å². The molecule has 0 unspecified atom stereocenters.